The summed E-state index contributed by atoms with van der Waals surface area (Å²) in [6.07, 6.45) is 3.53. The third-order valence-corrected chi connectivity index (χ3v) is 4.81. The maximum absolute atomic E-state index is 2.34. The van der Waals surface area contributed by atoms with Gasteiger partial charge in [-0.3, -0.25) is 0 Å². The van der Waals surface area contributed by atoms with Crippen molar-refractivity contribution in [3.8, 4) is 0 Å². The van der Waals surface area contributed by atoms with E-state index < -0.39 is 0 Å². The first-order valence-electron chi connectivity index (χ1n) is 6.76. The van der Waals surface area contributed by atoms with Crippen LogP contribution in [-0.2, 0) is 0 Å². The fraction of sp³-hybridized carbons (Fsp3) is 0.222. The van der Waals surface area contributed by atoms with Gasteiger partial charge in [0.15, 0.2) is 0 Å². The van der Waals surface area contributed by atoms with E-state index in [2.05, 4.69) is 73.0 Å². The van der Waals surface area contributed by atoms with Crippen LogP contribution < -0.4 is 0 Å². The standard InChI is InChI=1S/C18H18S/c1-14-7-9-16(10-8-14)18-13-17(11-12-19-18)15-5-3-2-4-6-15/h2-12,17-18H,13H2,1H3/t17-,18+/m0/s1. The summed E-state index contributed by atoms with van der Waals surface area (Å²) in [6, 6.07) is 19.8. The van der Waals surface area contributed by atoms with Crippen LogP contribution in [0.1, 0.15) is 34.3 Å². The lowest BCUT2D eigenvalue weighted by Crippen LogP contribution is -2.05. The molecular formula is C18H18S. The van der Waals surface area contributed by atoms with Crippen LogP contribution in [0.4, 0.5) is 0 Å². The molecule has 0 amide bonds. The number of hydrogen-bond donors (Lipinski definition) is 0. The third kappa shape index (κ3) is 2.93. The van der Waals surface area contributed by atoms with Gasteiger partial charge in [0.1, 0.15) is 0 Å². The molecule has 0 N–H and O–H groups in total. The van der Waals surface area contributed by atoms with E-state index in [9.17, 15) is 0 Å². The third-order valence-electron chi connectivity index (χ3n) is 3.70. The minimum atomic E-state index is 0.550. The van der Waals surface area contributed by atoms with E-state index in [4.69, 9.17) is 0 Å². The van der Waals surface area contributed by atoms with Crippen LogP contribution in [0.3, 0.4) is 0 Å². The van der Waals surface area contributed by atoms with Crippen molar-refractivity contribution in [3.63, 3.8) is 0 Å². The first kappa shape index (κ1) is 12.6. The maximum atomic E-state index is 2.34. The van der Waals surface area contributed by atoms with Gasteiger partial charge < -0.3 is 0 Å². The lowest BCUT2D eigenvalue weighted by molar-refractivity contribution is 0.718. The van der Waals surface area contributed by atoms with Crippen LogP contribution in [-0.4, -0.2) is 0 Å². The molecule has 0 aromatic heterocycles. The number of allylic oxidation sites excluding steroid dienone is 1. The monoisotopic (exact) mass is 266 g/mol. The molecular weight excluding hydrogens is 248 g/mol. The maximum Gasteiger partial charge on any atom is 0.0347 e. The minimum absolute atomic E-state index is 0.550. The zero-order chi connectivity index (χ0) is 13.1. The molecule has 0 aliphatic carbocycles. The molecule has 96 valence electrons. The van der Waals surface area contributed by atoms with Crippen LogP contribution in [0.25, 0.3) is 0 Å². The van der Waals surface area contributed by atoms with E-state index >= 15 is 0 Å². The Morgan fingerprint density at radius 1 is 0.895 bits per heavy atom. The molecule has 2 aromatic rings. The zero-order valence-corrected chi connectivity index (χ0v) is 11.9. The summed E-state index contributed by atoms with van der Waals surface area (Å²) in [5.74, 6) is 0.550. The molecule has 3 rings (SSSR count). The molecule has 1 heteroatoms. The summed E-state index contributed by atoms with van der Waals surface area (Å²) in [4.78, 5) is 0. The van der Waals surface area contributed by atoms with Crippen LogP contribution >= 0.6 is 11.8 Å². The van der Waals surface area contributed by atoms with Gasteiger partial charge in [-0.25, -0.2) is 0 Å². The van der Waals surface area contributed by atoms with Gasteiger partial charge in [-0.05, 0) is 29.9 Å². The summed E-state index contributed by atoms with van der Waals surface area (Å²) in [5.41, 5.74) is 4.21. The predicted molar refractivity (Wildman–Crippen MR) is 84.5 cm³/mol. The molecule has 2 atom stereocenters. The Balaban J connectivity index is 1.80. The SMILES string of the molecule is Cc1ccc([C@H]2C[C@@H](c3ccccc3)C=CS2)cc1. The number of benzene rings is 2. The fourth-order valence-corrected chi connectivity index (χ4v) is 3.65. The average Bonchev–Trinajstić information content (AvgIpc) is 2.49. The molecule has 0 spiro atoms. The lowest BCUT2D eigenvalue weighted by Gasteiger charge is -2.25. The van der Waals surface area contributed by atoms with E-state index in [1.54, 1.807) is 0 Å². The molecule has 1 heterocycles. The van der Waals surface area contributed by atoms with Crippen molar-refractivity contribution >= 4 is 11.8 Å². The highest BCUT2D eigenvalue weighted by molar-refractivity contribution is 8.02. The minimum Gasteiger partial charge on any atom is -0.126 e. The second-order valence-electron chi connectivity index (χ2n) is 5.12. The number of thioether (sulfide) groups is 1. The van der Waals surface area contributed by atoms with Gasteiger partial charge in [-0.1, -0.05) is 66.2 Å². The molecule has 1 aliphatic heterocycles. The molecule has 0 fully saturated rings. The molecule has 0 radical (unpaired) electrons. The molecule has 0 nitrogen and oxygen atoms in total. The van der Waals surface area contributed by atoms with Crippen LogP contribution in [0.5, 0.6) is 0 Å². The van der Waals surface area contributed by atoms with Crippen molar-refractivity contribution in [1.29, 1.82) is 0 Å². The first-order valence-corrected chi connectivity index (χ1v) is 7.71. The van der Waals surface area contributed by atoms with Gasteiger partial charge in [-0.2, -0.15) is 0 Å². The van der Waals surface area contributed by atoms with Gasteiger partial charge in [-0.15, -0.1) is 11.8 Å². The Labute approximate surface area is 119 Å². The first-order chi connectivity index (χ1) is 9.33. The fourth-order valence-electron chi connectivity index (χ4n) is 2.54. The van der Waals surface area contributed by atoms with Crippen LogP contribution in [0.2, 0.25) is 0 Å². The number of aryl methyl sites for hydroxylation is 1. The van der Waals surface area contributed by atoms with Crippen molar-refractivity contribution in [2.24, 2.45) is 0 Å². The Morgan fingerprint density at radius 2 is 1.63 bits per heavy atom. The van der Waals surface area contributed by atoms with E-state index in [0.717, 1.165) is 0 Å². The largest absolute Gasteiger partial charge is 0.126 e. The van der Waals surface area contributed by atoms with Gasteiger partial charge in [0.05, 0.1) is 0 Å². The molecule has 0 saturated heterocycles. The summed E-state index contributed by atoms with van der Waals surface area (Å²) in [6.45, 7) is 2.14. The van der Waals surface area contributed by atoms with Crippen molar-refractivity contribution < 1.29 is 0 Å². The summed E-state index contributed by atoms with van der Waals surface area (Å²) < 4.78 is 0. The molecule has 2 aromatic carbocycles. The van der Waals surface area contributed by atoms with Crippen molar-refractivity contribution in [2.45, 2.75) is 24.5 Å². The Morgan fingerprint density at radius 3 is 2.37 bits per heavy atom. The van der Waals surface area contributed by atoms with E-state index in [0.29, 0.717) is 11.2 Å². The summed E-state index contributed by atoms with van der Waals surface area (Å²) >= 11 is 1.94. The molecule has 19 heavy (non-hydrogen) atoms. The van der Waals surface area contributed by atoms with Gasteiger partial charge in [0.25, 0.3) is 0 Å². The quantitative estimate of drug-likeness (QED) is 0.694. The topological polar surface area (TPSA) is 0 Å². The van der Waals surface area contributed by atoms with Gasteiger partial charge >= 0.3 is 0 Å². The molecule has 0 saturated carbocycles. The zero-order valence-electron chi connectivity index (χ0n) is 11.1. The molecule has 1 aliphatic rings. The van der Waals surface area contributed by atoms with Gasteiger partial charge in [0.2, 0.25) is 0 Å². The average molecular weight is 266 g/mol. The smallest absolute Gasteiger partial charge is 0.0347 e. The highest BCUT2D eigenvalue weighted by Crippen LogP contribution is 2.43. The Bertz CT molecular complexity index is 554. The molecule has 0 unspecified atom stereocenters. The van der Waals surface area contributed by atoms with Crippen molar-refractivity contribution in [2.75, 3.05) is 0 Å². The van der Waals surface area contributed by atoms with E-state index in [1.807, 2.05) is 11.8 Å². The van der Waals surface area contributed by atoms with Crippen LogP contribution in [0, 0.1) is 6.92 Å². The van der Waals surface area contributed by atoms with Crippen LogP contribution in [0.15, 0.2) is 66.1 Å². The second kappa shape index (κ2) is 5.66. The molecule has 0 bridgehead atoms. The number of hydrogen-bond acceptors (Lipinski definition) is 1. The van der Waals surface area contributed by atoms with E-state index in [1.165, 1.54) is 23.1 Å². The predicted octanol–water partition coefficient (Wildman–Crippen LogP) is 5.47. The highest BCUT2D eigenvalue weighted by Gasteiger charge is 2.21. The highest BCUT2D eigenvalue weighted by atomic mass is 32.2. The number of rotatable bonds is 2. The van der Waals surface area contributed by atoms with E-state index in [-0.39, 0.29) is 0 Å². The Kier molecular flexibility index (Phi) is 3.74. The lowest BCUT2D eigenvalue weighted by atomic mass is 9.91. The van der Waals surface area contributed by atoms with Gasteiger partial charge in [0, 0.05) is 11.2 Å². The summed E-state index contributed by atoms with van der Waals surface area (Å²) in [7, 11) is 0. The second-order valence-corrected chi connectivity index (χ2v) is 6.23. The normalized spacial score (nSPS) is 22.4. The van der Waals surface area contributed by atoms with Crippen molar-refractivity contribution in [3.05, 3.63) is 82.8 Å². The van der Waals surface area contributed by atoms with Crippen molar-refractivity contribution in [1.82, 2.24) is 0 Å². The Hall–Kier alpha value is -1.47. The summed E-state index contributed by atoms with van der Waals surface area (Å²) in [5, 5.41) is 2.85.